The van der Waals surface area contributed by atoms with Gasteiger partial charge in [-0.05, 0) is 40.9 Å². The van der Waals surface area contributed by atoms with Gasteiger partial charge in [-0.2, -0.15) is 0 Å². The molecule has 114 valence electrons. The first kappa shape index (κ1) is 16.0. The van der Waals surface area contributed by atoms with Crippen LogP contribution in [0, 0.1) is 0 Å². The topological polar surface area (TPSA) is 49.4 Å². The number of nitrogens with zero attached hydrogens (tertiary/aromatic N) is 1. The predicted molar refractivity (Wildman–Crippen MR) is 87.2 cm³/mol. The molecule has 0 atom stereocenters. The van der Waals surface area contributed by atoms with Crippen LogP contribution in [-0.2, 0) is 9.59 Å². The van der Waals surface area contributed by atoms with E-state index in [1.54, 1.807) is 4.90 Å². The predicted octanol–water partition coefficient (Wildman–Crippen LogP) is 3.25. The van der Waals surface area contributed by atoms with E-state index in [4.69, 9.17) is 0 Å². The summed E-state index contributed by atoms with van der Waals surface area (Å²) in [6.45, 7) is 1.92. The number of benzene rings is 1. The highest BCUT2D eigenvalue weighted by Crippen LogP contribution is 2.26. The van der Waals surface area contributed by atoms with Gasteiger partial charge in [0.1, 0.15) is 0 Å². The molecule has 1 aromatic rings. The lowest BCUT2D eigenvalue weighted by Gasteiger charge is -2.22. The summed E-state index contributed by atoms with van der Waals surface area (Å²) in [5.74, 6) is -0.0317. The maximum Gasteiger partial charge on any atom is 0.223 e. The average molecular weight is 353 g/mol. The summed E-state index contributed by atoms with van der Waals surface area (Å²) in [6.07, 6.45) is 4.87. The van der Waals surface area contributed by atoms with E-state index >= 15 is 0 Å². The Balaban J connectivity index is 1.93. The van der Waals surface area contributed by atoms with Gasteiger partial charge in [0.05, 0.1) is 5.69 Å². The Morgan fingerprint density at radius 3 is 2.57 bits per heavy atom. The lowest BCUT2D eigenvalue weighted by atomic mass is 10.2. The number of carbonyl (C=O) groups excluding carboxylic acids is 2. The first-order chi connectivity index (χ1) is 10.1. The molecule has 1 aliphatic carbocycles. The van der Waals surface area contributed by atoms with Gasteiger partial charge in [0.25, 0.3) is 0 Å². The number of nitrogens with one attached hydrogen (secondary N) is 1. The zero-order valence-electron chi connectivity index (χ0n) is 12.3. The second-order valence-corrected chi connectivity index (χ2v) is 6.28. The van der Waals surface area contributed by atoms with Gasteiger partial charge in [-0.3, -0.25) is 9.59 Å². The number of hydrogen-bond acceptors (Lipinski definition) is 2. The second-order valence-electron chi connectivity index (χ2n) is 5.42. The van der Waals surface area contributed by atoms with E-state index in [0.717, 1.165) is 23.0 Å². The first-order valence-corrected chi connectivity index (χ1v) is 8.19. The lowest BCUT2D eigenvalue weighted by molar-refractivity contribution is -0.121. The van der Waals surface area contributed by atoms with Gasteiger partial charge in [0.15, 0.2) is 0 Å². The van der Waals surface area contributed by atoms with Crippen LogP contribution in [0.2, 0.25) is 0 Å². The molecular weight excluding hydrogens is 332 g/mol. The molecule has 0 unspecified atom stereocenters. The van der Waals surface area contributed by atoms with Crippen LogP contribution < -0.4 is 10.2 Å². The molecular formula is C16H21BrN2O2. The Morgan fingerprint density at radius 1 is 1.29 bits per heavy atom. The molecule has 0 bridgehead atoms. The summed E-state index contributed by atoms with van der Waals surface area (Å²) in [5, 5.41) is 3.05. The maximum atomic E-state index is 12.0. The number of anilines is 1. The minimum absolute atomic E-state index is 0.0280. The number of amides is 2. The maximum absolute atomic E-state index is 12.0. The van der Waals surface area contributed by atoms with Gasteiger partial charge >= 0.3 is 0 Å². The van der Waals surface area contributed by atoms with Crippen LogP contribution in [0.1, 0.15) is 39.0 Å². The third-order valence-corrected chi connectivity index (χ3v) is 4.48. The summed E-state index contributed by atoms with van der Waals surface area (Å²) in [5.41, 5.74) is 0.804. The van der Waals surface area contributed by atoms with Crippen LogP contribution in [0.25, 0.3) is 0 Å². The SMILES string of the molecule is CC(=O)N(CCC(=O)NC1CCCC1)c1ccccc1Br. The number of carbonyl (C=O) groups is 2. The quantitative estimate of drug-likeness (QED) is 0.884. The van der Waals surface area contributed by atoms with Crippen molar-refractivity contribution in [2.45, 2.75) is 45.1 Å². The van der Waals surface area contributed by atoms with Gasteiger partial charge in [-0.1, -0.05) is 25.0 Å². The molecule has 1 fully saturated rings. The Kier molecular flexibility index (Phi) is 5.79. The second kappa shape index (κ2) is 7.59. The Labute approximate surface area is 134 Å². The summed E-state index contributed by atoms with van der Waals surface area (Å²) in [6, 6.07) is 7.88. The van der Waals surface area contributed by atoms with Crippen molar-refractivity contribution < 1.29 is 9.59 Å². The van der Waals surface area contributed by atoms with E-state index in [2.05, 4.69) is 21.2 Å². The molecule has 1 aromatic carbocycles. The van der Waals surface area contributed by atoms with Crippen molar-refractivity contribution in [3.63, 3.8) is 0 Å². The molecule has 1 N–H and O–H groups in total. The molecule has 0 saturated heterocycles. The van der Waals surface area contributed by atoms with Crippen molar-refractivity contribution in [3.8, 4) is 0 Å². The molecule has 4 nitrogen and oxygen atoms in total. The van der Waals surface area contributed by atoms with Crippen molar-refractivity contribution in [1.82, 2.24) is 5.32 Å². The van der Waals surface area contributed by atoms with Crippen molar-refractivity contribution >= 4 is 33.4 Å². The Hall–Kier alpha value is -1.36. The van der Waals surface area contributed by atoms with E-state index in [9.17, 15) is 9.59 Å². The molecule has 1 aliphatic rings. The first-order valence-electron chi connectivity index (χ1n) is 7.40. The van der Waals surface area contributed by atoms with Crippen molar-refractivity contribution in [2.24, 2.45) is 0 Å². The zero-order chi connectivity index (χ0) is 15.2. The van der Waals surface area contributed by atoms with Crippen molar-refractivity contribution in [3.05, 3.63) is 28.7 Å². The largest absolute Gasteiger partial charge is 0.353 e. The summed E-state index contributed by atoms with van der Waals surface area (Å²) >= 11 is 3.45. The molecule has 1 saturated carbocycles. The standard InChI is InChI=1S/C16H21BrN2O2/c1-12(20)19(15-9-5-4-8-14(15)17)11-10-16(21)18-13-6-2-3-7-13/h4-5,8-9,13H,2-3,6-7,10-11H2,1H3,(H,18,21). The number of hydrogen-bond donors (Lipinski definition) is 1. The van der Waals surface area contributed by atoms with Crippen LogP contribution in [0.15, 0.2) is 28.7 Å². The third kappa shape index (κ3) is 4.56. The molecule has 0 aromatic heterocycles. The van der Waals surface area contributed by atoms with E-state index in [-0.39, 0.29) is 11.8 Å². The fraction of sp³-hybridized carbons (Fsp3) is 0.500. The number of halogens is 1. The fourth-order valence-corrected chi connectivity index (χ4v) is 3.20. The van der Waals surface area contributed by atoms with E-state index in [1.165, 1.54) is 19.8 Å². The van der Waals surface area contributed by atoms with Crippen LogP contribution >= 0.6 is 15.9 Å². The molecule has 2 amide bonds. The molecule has 2 rings (SSSR count). The minimum Gasteiger partial charge on any atom is -0.353 e. The van der Waals surface area contributed by atoms with Crippen LogP contribution in [-0.4, -0.2) is 24.4 Å². The molecule has 0 radical (unpaired) electrons. The van der Waals surface area contributed by atoms with Crippen LogP contribution in [0.4, 0.5) is 5.69 Å². The zero-order valence-corrected chi connectivity index (χ0v) is 13.9. The van der Waals surface area contributed by atoms with Crippen molar-refractivity contribution in [2.75, 3.05) is 11.4 Å². The third-order valence-electron chi connectivity index (χ3n) is 3.81. The summed E-state index contributed by atoms with van der Waals surface area (Å²) in [4.78, 5) is 25.4. The van der Waals surface area contributed by atoms with E-state index in [1.807, 2.05) is 24.3 Å². The highest BCUT2D eigenvalue weighted by molar-refractivity contribution is 9.10. The van der Waals surface area contributed by atoms with E-state index < -0.39 is 0 Å². The van der Waals surface area contributed by atoms with Gasteiger partial charge < -0.3 is 10.2 Å². The molecule has 0 spiro atoms. The molecule has 5 heteroatoms. The van der Waals surface area contributed by atoms with Gasteiger partial charge in [-0.25, -0.2) is 0 Å². The molecule has 0 aliphatic heterocycles. The Morgan fingerprint density at radius 2 is 1.95 bits per heavy atom. The van der Waals surface area contributed by atoms with E-state index in [0.29, 0.717) is 19.0 Å². The monoisotopic (exact) mass is 352 g/mol. The molecule has 21 heavy (non-hydrogen) atoms. The number of rotatable bonds is 5. The smallest absolute Gasteiger partial charge is 0.223 e. The normalized spacial score (nSPS) is 15.0. The highest BCUT2D eigenvalue weighted by Gasteiger charge is 2.19. The van der Waals surface area contributed by atoms with Gasteiger partial charge in [0, 0.05) is 30.4 Å². The van der Waals surface area contributed by atoms with Crippen LogP contribution in [0.5, 0.6) is 0 Å². The minimum atomic E-state index is -0.0597. The lowest BCUT2D eigenvalue weighted by Crippen LogP contribution is -2.37. The van der Waals surface area contributed by atoms with Crippen molar-refractivity contribution in [1.29, 1.82) is 0 Å². The van der Waals surface area contributed by atoms with Gasteiger partial charge in [0.2, 0.25) is 11.8 Å². The number of para-hydroxylation sites is 1. The summed E-state index contributed by atoms with van der Waals surface area (Å²) in [7, 11) is 0. The Bertz CT molecular complexity index is 513. The molecule has 0 heterocycles. The van der Waals surface area contributed by atoms with Gasteiger partial charge in [-0.15, -0.1) is 0 Å². The van der Waals surface area contributed by atoms with Crippen LogP contribution in [0.3, 0.4) is 0 Å². The highest BCUT2D eigenvalue weighted by atomic mass is 79.9. The fourth-order valence-electron chi connectivity index (χ4n) is 2.70. The summed E-state index contributed by atoms with van der Waals surface area (Å²) < 4.78 is 0.858. The average Bonchev–Trinajstić information content (AvgIpc) is 2.93.